The highest BCUT2D eigenvalue weighted by atomic mass is 32.3. The van der Waals surface area contributed by atoms with Crippen molar-refractivity contribution < 1.29 is 55.5 Å². The van der Waals surface area contributed by atoms with E-state index in [1.807, 2.05) is 0 Å². The van der Waals surface area contributed by atoms with E-state index in [4.69, 9.17) is 0 Å². The molecule has 3 N–H and O–H groups in total. The van der Waals surface area contributed by atoms with Crippen molar-refractivity contribution in [1.29, 1.82) is 0 Å². The van der Waals surface area contributed by atoms with Gasteiger partial charge in [0.25, 0.3) is 10.0 Å². The average Bonchev–Trinajstić information content (AvgIpc) is 2.42. The molecule has 0 amide bonds. The van der Waals surface area contributed by atoms with E-state index in [0.717, 1.165) is 15.7 Å². The lowest BCUT2D eigenvalue weighted by Crippen LogP contribution is -2.49. The Kier molecular flexibility index (Phi) is 14.5. The van der Waals surface area contributed by atoms with E-state index in [2.05, 4.69) is 4.72 Å². The quantitative estimate of drug-likeness (QED) is 0.258. The van der Waals surface area contributed by atoms with Crippen LogP contribution in [-0.2, 0) is 30.5 Å². The molecule has 0 aromatic rings. The Balaban J connectivity index is -0.000000375. The van der Waals surface area contributed by atoms with E-state index < -0.39 is 55.2 Å². The molecule has 0 aromatic heterocycles. The van der Waals surface area contributed by atoms with Crippen molar-refractivity contribution >= 4 is 30.5 Å². The van der Waals surface area contributed by atoms with Gasteiger partial charge in [-0.05, 0) is 6.42 Å². The maximum absolute atomic E-state index is 12.3. The van der Waals surface area contributed by atoms with E-state index in [-0.39, 0.29) is 6.42 Å². The van der Waals surface area contributed by atoms with Crippen LogP contribution in [0.3, 0.4) is 0 Å². The van der Waals surface area contributed by atoms with E-state index in [9.17, 15) is 55.5 Å². The second-order valence-electron chi connectivity index (χ2n) is 4.40. The fourth-order valence-corrected chi connectivity index (χ4v) is 2.42. The van der Waals surface area contributed by atoms with Crippen molar-refractivity contribution in [3.05, 3.63) is 0 Å². The summed E-state index contributed by atoms with van der Waals surface area (Å²) in [5, 5.41) is -5.75. The molecule has 0 radical (unpaired) electrons. The molecular formula is C9H20F7N3O6S3. The van der Waals surface area contributed by atoms with E-state index in [1.54, 1.807) is 6.92 Å². The topological polar surface area (TPSA) is 139 Å². The zero-order valence-electron chi connectivity index (χ0n) is 14.6. The second-order valence-corrected chi connectivity index (χ2v) is 9.20. The Morgan fingerprint density at radius 3 is 1.39 bits per heavy atom. The van der Waals surface area contributed by atoms with Crippen LogP contribution in [0.15, 0.2) is 0 Å². The summed E-state index contributed by atoms with van der Waals surface area (Å²) in [6, 6.07) is 0. The van der Waals surface area contributed by atoms with Crippen LogP contribution in [0.5, 0.6) is 0 Å². The highest BCUT2D eigenvalue weighted by Gasteiger charge is 2.67. The molecule has 0 spiro atoms. The molecule has 28 heavy (non-hydrogen) atoms. The first-order chi connectivity index (χ1) is 12.2. The van der Waals surface area contributed by atoms with E-state index in [0.29, 0.717) is 6.54 Å². The fourth-order valence-electron chi connectivity index (χ4n) is 0.807. The fraction of sp³-hybridized carbons (Fsp3) is 1.00. The van der Waals surface area contributed by atoms with E-state index >= 15 is 0 Å². The lowest BCUT2D eigenvalue weighted by molar-refractivity contribution is -0.241. The first-order valence-corrected chi connectivity index (χ1v) is 11.6. The Morgan fingerprint density at radius 2 is 1.25 bits per heavy atom. The smallest absolute Gasteiger partial charge is 0.233 e. The molecule has 0 aliphatic rings. The summed E-state index contributed by atoms with van der Waals surface area (Å²) in [6.45, 7) is 1.76. The van der Waals surface area contributed by atoms with Crippen LogP contribution in [0.1, 0.15) is 20.3 Å². The van der Waals surface area contributed by atoms with Gasteiger partial charge in [-0.15, -0.1) is 0 Å². The molecule has 0 saturated carbocycles. The maximum Gasteiger partial charge on any atom is 0.470 e. The highest BCUT2D eigenvalue weighted by Crippen LogP contribution is 2.39. The number of hydrogen-bond donors (Lipinski definition) is 3. The minimum absolute atomic E-state index is 0.118. The Morgan fingerprint density at radius 1 is 0.821 bits per heavy atom. The van der Waals surface area contributed by atoms with Gasteiger partial charge in [-0.1, -0.05) is 17.7 Å². The molecule has 0 heterocycles. The number of halogens is 7. The number of rotatable bonds is 8. The van der Waals surface area contributed by atoms with Gasteiger partial charge >= 0.3 is 21.8 Å². The maximum atomic E-state index is 12.3. The molecule has 0 fully saturated rings. The molecule has 0 aromatic carbocycles. The molecular weight excluding hydrogens is 475 g/mol. The van der Waals surface area contributed by atoms with Crippen molar-refractivity contribution in [2.75, 3.05) is 26.1 Å². The SMILES string of the molecule is CCCNS(=O)(=O)C(F)(F)C(F)(F)F.CCNS(C)(=O)=O.O=S(=O)(F)NCF. The van der Waals surface area contributed by atoms with Crippen LogP contribution in [0, 0.1) is 0 Å². The van der Waals surface area contributed by atoms with Crippen molar-refractivity contribution in [3.8, 4) is 0 Å². The van der Waals surface area contributed by atoms with Gasteiger partial charge in [0.1, 0.15) is 0 Å². The first kappa shape index (κ1) is 31.9. The number of sulfonamides is 2. The summed E-state index contributed by atoms with van der Waals surface area (Å²) >= 11 is 0. The van der Waals surface area contributed by atoms with Crippen LogP contribution in [0.2, 0.25) is 0 Å². The van der Waals surface area contributed by atoms with Gasteiger partial charge in [-0.2, -0.15) is 35.1 Å². The monoisotopic (exact) mass is 495 g/mol. The Hall–Kier alpha value is -0.760. The zero-order valence-corrected chi connectivity index (χ0v) is 17.1. The number of hydrogen-bond acceptors (Lipinski definition) is 6. The second kappa shape index (κ2) is 12.7. The van der Waals surface area contributed by atoms with Gasteiger partial charge in [0.15, 0.2) is 6.80 Å². The molecule has 0 rings (SSSR count). The summed E-state index contributed by atoms with van der Waals surface area (Å²) in [7, 11) is -13.4. The normalized spacial score (nSPS) is 13.1. The molecule has 19 heteroatoms. The summed E-state index contributed by atoms with van der Waals surface area (Å²) in [4.78, 5) is 0. The molecule has 174 valence electrons. The molecule has 0 aliphatic heterocycles. The zero-order chi connectivity index (χ0) is 23.4. The van der Waals surface area contributed by atoms with Crippen LogP contribution in [0.4, 0.5) is 30.2 Å². The molecule has 0 saturated heterocycles. The predicted molar refractivity (Wildman–Crippen MR) is 85.9 cm³/mol. The molecule has 0 unspecified atom stereocenters. The third-order valence-corrected chi connectivity index (χ3v) is 4.60. The largest absolute Gasteiger partial charge is 0.470 e. The van der Waals surface area contributed by atoms with Crippen LogP contribution in [0.25, 0.3) is 0 Å². The Labute approximate surface area is 158 Å². The number of nitrogens with one attached hydrogen (secondary N) is 3. The van der Waals surface area contributed by atoms with Gasteiger partial charge < -0.3 is 0 Å². The number of alkyl halides is 6. The summed E-state index contributed by atoms with van der Waals surface area (Å²) in [5.74, 6) is 0. The molecule has 9 nitrogen and oxygen atoms in total. The van der Waals surface area contributed by atoms with Gasteiger partial charge in [0.05, 0.1) is 6.26 Å². The van der Waals surface area contributed by atoms with Crippen LogP contribution < -0.4 is 14.2 Å². The lowest BCUT2D eigenvalue weighted by Gasteiger charge is -2.19. The highest BCUT2D eigenvalue weighted by molar-refractivity contribution is 7.90. The van der Waals surface area contributed by atoms with E-state index in [1.165, 1.54) is 6.92 Å². The third-order valence-electron chi connectivity index (χ3n) is 1.84. The standard InChI is InChI=1S/C5H8F5NO2S.C3H9NO2S.CH3F2NO2S/c1-2-3-11-14(12,13)5(9,10)4(6,7)8;1-3-4-7(2,5)6;2-1-4-7(3,5)6/h11H,2-3H2,1H3;4H,3H2,1-2H3;4H,1H2. The molecule has 0 atom stereocenters. The van der Waals surface area contributed by atoms with Gasteiger partial charge in [0.2, 0.25) is 10.0 Å². The summed E-state index contributed by atoms with van der Waals surface area (Å²) in [6.07, 6.45) is -4.85. The summed E-state index contributed by atoms with van der Waals surface area (Å²) in [5.41, 5.74) is 0. The van der Waals surface area contributed by atoms with Crippen molar-refractivity contribution in [2.45, 2.75) is 31.7 Å². The lowest BCUT2D eigenvalue weighted by atomic mass is 10.5. The van der Waals surface area contributed by atoms with Gasteiger partial charge in [-0.3, -0.25) is 0 Å². The van der Waals surface area contributed by atoms with Gasteiger partial charge in [-0.25, -0.2) is 30.7 Å². The van der Waals surface area contributed by atoms with Crippen molar-refractivity contribution in [3.63, 3.8) is 0 Å². The third kappa shape index (κ3) is 16.2. The summed E-state index contributed by atoms with van der Waals surface area (Å²) < 4.78 is 145. The molecule has 0 bridgehead atoms. The van der Waals surface area contributed by atoms with Crippen LogP contribution in [-0.4, -0.2) is 62.8 Å². The molecule has 0 aliphatic carbocycles. The Bertz CT molecular complexity index is 704. The van der Waals surface area contributed by atoms with Crippen molar-refractivity contribution in [1.82, 2.24) is 14.2 Å². The van der Waals surface area contributed by atoms with Crippen LogP contribution >= 0.6 is 0 Å². The van der Waals surface area contributed by atoms with Gasteiger partial charge in [0, 0.05) is 13.1 Å². The van der Waals surface area contributed by atoms with Crippen molar-refractivity contribution in [2.24, 2.45) is 0 Å². The first-order valence-electron chi connectivity index (χ1n) is 6.82. The minimum Gasteiger partial charge on any atom is -0.233 e. The minimum atomic E-state index is -6.10. The average molecular weight is 495 g/mol. The predicted octanol–water partition coefficient (Wildman–Crippen LogP) is 0.744.